The first kappa shape index (κ1) is 20.2. The molecule has 2 aromatic rings. The molecule has 0 amide bonds. The number of nitro benzene ring substituents is 2. The number of hydrogen-bond acceptors (Lipinski definition) is 8. The minimum Gasteiger partial charge on any atom is -0.502 e. The molecule has 0 radical (unpaired) electrons. The van der Waals surface area contributed by atoms with Crippen molar-refractivity contribution in [3.63, 3.8) is 0 Å². The van der Waals surface area contributed by atoms with Crippen LogP contribution in [0.25, 0.3) is 0 Å². The Morgan fingerprint density at radius 2 is 1.46 bits per heavy atom. The summed E-state index contributed by atoms with van der Waals surface area (Å²) in [6.45, 7) is 2.08. The van der Waals surface area contributed by atoms with Crippen LogP contribution in [0, 0.1) is 20.2 Å². The van der Waals surface area contributed by atoms with E-state index in [1.165, 1.54) is 24.3 Å². The average molecular weight is 362 g/mol. The Labute approximate surface area is 146 Å². The van der Waals surface area contributed by atoms with Gasteiger partial charge < -0.3 is 9.84 Å². The highest BCUT2D eigenvalue weighted by atomic mass is 16.6. The van der Waals surface area contributed by atoms with E-state index in [0.717, 1.165) is 12.1 Å². The zero-order chi connectivity index (χ0) is 19.7. The van der Waals surface area contributed by atoms with Crippen LogP contribution in [0.2, 0.25) is 0 Å². The van der Waals surface area contributed by atoms with Gasteiger partial charge in [-0.15, -0.1) is 0 Å². The number of carbonyl (C=O) groups excluding carboxylic acids is 2. The van der Waals surface area contributed by atoms with Crippen LogP contribution in [0.15, 0.2) is 36.4 Å². The predicted octanol–water partition coefficient (Wildman–Crippen LogP) is 2.92. The zero-order valence-corrected chi connectivity index (χ0v) is 13.5. The van der Waals surface area contributed by atoms with E-state index < -0.39 is 21.3 Å². The van der Waals surface area contributed by atoms with Gasteiger partial charge in [-0.3, -0.25) is 29.8 Å². The summed E-state index contributed by atoms with van der Waals surface area (Å²) in [4.78, 5) is 40.1. The largest absolute Gasteiger partial charge is 0.502 e. The number of ether oxygens (including phenoxy) is 1. The number of aromatic hydroxyl groups is 1. The SMILES string of the molecule is CCOc1ccc(C=O)cc1[N+](=O)[O-].O=Cc1ccc(O)c([N+](=O)[O-])c1. The number of phenols is 1. The molecule has 0 heterocycles. The van der Waals surface area contributed by atoms with E-state index in [1.54, 1.807) is 6.92 Å². The molecule has 0 bridgehead atoms. The highest BCUT2D eigenvalue weighted by Crippen LogP contribution is 2.27. The smallest absolute Gasteiger partial charge is 0.311 e. The summed E-state index contributed by atoms with van der Waals surface area (Å²) in [5, 5.41) is 29.7. The molecular formula is C16H14N2O8. The van der Waals surface area contributed by atoms with Crippen LogP contribution in [0.4, 0.5) is 11.4 Å². The van der Waals surface area contributed by atoms with Crippen molar-refractivity contribution in [1.29, 1.82) is 0 Å². The molecule has 0 atom stereocenters. The second-order valence-corrected chi connectivity index (χ2v) is 4.66. The number of carbonyl (C=O) groups is 2. The molecule has 2 rings (SSSR count). The first-order valence-electron chi connectivity index (χ1n) is 7.13. The van der Waals surface area contributed by atoms with E-state index in [0.29, 0.717) is 19.2 Å². The summed E-state index contributed by atoms with van der Waals surface area (Å²) in [5.74, 6) is -0.256. The van der Waals surface area contributed by atoms with Crippen molar-refractivity contribution in [2.45, 2.75) is 6.92 Å². The lowest BCUT2D eigenvalue weighted by Crippen LogP contribution is -1.98. The van der Waals surface area contributed by atoms with Gasteiger partial charge in [0.1, 0.15) is 12.6 Å². The molecule has 1 N–H and O–H groups in total. The quantitative estimate of drug-likeness (QED) is 0.468. The summed E-state index contributed by atoms with van der Waals surface area (Å²) in [7, 11) is 0. The van der Waals surface area contributed by atoms with E-state index >= 15 is 0 Å². The van der Waals surface area contributed by atoms with Crippen molar-refractivity contribution in [1.82, 2.24) is 0 Å². The summed E-state index contributed by atoms with van der Waals surface area (Å²) in [6.07, 6.45) is 1.04. The summed E-state index contributed by atoms with van der Waals surface area (Å²) < 4.78 is 5.04. The van der Waals surface area contributed by atoms with Crippen LogP contribution in [-0.2, 0) is 0 Å². The van der Waals surface area contributed by atoms with Gasteiger partial charge in [-0.1, -0.05) is 0 Å². The molecule has 0 saturated carbocycles. The summed E-state index contributed by atoms with van der Waals surface area (Å²) in [5.41, 5.74) is -0.212. The fraction of sp³-hybridized carbons (Fsp3) is 0.125. The van der Waals surface area contributed by atoms with Crippen LogP contribution >= 0.6 is 0 Å². The first-order chi connectivity index (χ1) is 12.3. The van der Waals surface area contributed by atoms with Crippen LogP contribution in [-0.4, -0.2) is 34.1 Å². The van der Waals surface area contributed by atoms with E-state index in [9.17, 15) is 29.8 Å². The second kappa shape index (κ2) is 9.47. The Morgan fingerprint density at radius 3 is 1.92 bits per heavy atom. The monoisotopic (exact) mass is 362 g/mol. The van der Waals surface area contributed by atoms with Crippen LogP contribution in [0.5, 0.6) is 11.5 Å². The van der Waals surface area contributed by atoms with Crippen molar-refractivity contribution in [3.8, 4) is 11.5 Å². The maximum Gasteiger partial charge on any atom is 0.311 e. The van der Waals surface area contributed by atoms with E-state index in [2.05, 4.69) is 0 Å². The molecule has 26 heavy (non-hydrogen) atoms. The maximum atomic E-state index is 10.6. The van der Waals surface area contributed by atoms with Crippen LogP contribution < -0.4 is 4.74 Å². The van der Waals surface area contributed by atoms with Crippen LogP contribution in [0.3, 0.4) is 0 Å². The Balaban J connectivity index is 0.000000263. The molecule has 0 aliphatic carbocycles. The minimum absolute atomic E-state index is 0.166. The Hall–Kier alpha value is -3.82. The molecule has 0 saturated heterocycles. The summed E-state index contributed by atoms with van der Waals surface area (Å²) in [6, 6.07) is 7.52. The lowest BCUT2D eigenvalue weighted by Gasteiger charge is -2.03. The standard InChI is InChI=1S/C9H9NO4.C7H5NO4/c1-2-14-9-4-3-7(6-11)5-8(9)10(12)13;9-4-5-1-2-7(10)6(3-5)8(11)12/h3-6H,2H2,1H3;1-4,10H. The molecule has 0 aromatic heterocycles. The number of benzene rings is 2. The molecule has 0 spiro atoms. The topological polar surface area (TPSA) is 150 Å². The molecule has 0 aliphatic rings. The Morgan fingerprint density at radius 1 is 0.962 bits per heavy atom. The lowest BCUT2D eigenvalue weighted by molar-refractivity contribution is -0.386. The normalized spacial score (nSPS) is 9.42. The van der Waals surface area contributed by atoms with Crippen LogP contribution in [0.1, 0.15) is 27.6 Å². The summed E-state index contributed by atoms with van der Waals surface area (Å²) >= 11 is 0. The third-order valence-corrected chi connectivity index (χ3v) is 2.95. The van der Waals surface area contributed by atoms with Gasteiger partial charge in [0, 0.05) is 23.3 Å². The Kier molecular flexibility index (Phi) is 7.37. The van der Waals surface area contributed by atoms with Crippen molar-refractivity contribution >= 4 is 23.9 Å². The lowest BCUT2D eigenvalue weighted by atomic mass is 10.2. The predicted molar refractivity (Wildman–Crippen MR) is 89.8 cm³/mol. The molecule has 10 heteroatoms. The molecule has 0 unspecified atom stereocenters. The van der Waals surface area contributed by atoms with Gasteiger partial charge >= 0.3 is 11.4 Å². The molecule has 136 valence electrons. The van der Waals surface area contributed by atoms with Crippen molar-refractivity contribution in [2.75, 3.05) is 6.61 Å². The molecule has 10 nitrogen and oxygen atoms in total. The zero-order valence-electron chi connectivity index (χ0n) is 13.5. The number of phenolic OH excluding ortho intramolecular Hbond substituents is 1. The maximum absolute atomic E-state index is 10.6. The van der Waals surface area contributed by atoms with Gasteiger partial charge in [0.2, 0.25) is 0 Å². The number of nitrogens with zero attached hydrogens (tertiary/aromatic N) is 2. The van der Waals surface area contributed by atoms with Crippen molar-refractivity contribution in [3.05, 3.63) is 67.8 Å². The Bertz CT molecular complexity index is 835. The number of rotatable bonds is 6. The molecule has 0 fully saturated rings. The average Bonchev–Trinajstić information content (AvgIpc) is 2.63. The minimum atomic E-state index is -0.748. The highest BCUT2D eigenvalue weighted by Gasteiger charge is 2.15. The number of aldehydes is 2. The van der Waals surface area contributed by atoms with Gasteiger partial charge in [0.15, 0.2) is 11.5 Å². The first-order valence-corrected chi connectivity index (χ1v) is 7.13. The van der Waals surface area contributed by atoms with Gasteiger partial charge in [-0.25, -0.2) is 0 Å². The van der Waals surface area contributed by atoms with Gasteiger partial charge in [-0.05, 0) is 31.2 Å². The van der Waals surface area contributed by atoms with Crippen molar-refractivity contribution in [2.24, 2.45) is 0 Å². The molecule has 2 aromatic carbocycles. The van der Waals surface area contributed by atoms with E-state index in [1.807, 2.05) is 0 Å². The fourth-order valence-electron chi connectivity index (χ4n) is 1.79. The number of nitro groups is 2. The van der Waals surface area contributed by atoms with E-state index in [-0.39, 0.29) is 22.6 Å². The third kappa shape index (κ3) is 5.37. The molecular weight excluding hydrogens is 348 g/mol. The second-order valence-electron chi connectivity index (χ2n) is 4.66. The van der Waals surface area contributed by atoms with Gasteiger partial charge in [0.05, 0.1) is 16.5 Å². The van der Waals surface area contributed by atoms with Crippen molar-refractivity contribution < 1.29 is 29.3 Å². The van der Waals surface area contributed by atoms with E-state index in [4.69, 9.17) is 9.84 Å². The number of hydrogen-bond donors (Lipinski definition) is 1. The van der Waals surface area contributed by atoms with Gasteiger partial charge in [-0.2, -0.15) is 0 Å². The highest BCUT2D eigenvalue weighted by molar-refractivity contribution is 5.77. The third-order valence-electron chi connectivity index (χ3n) is 2.95. The fourth-order valence-corrected chi connectivity index (χ4v) is 1.79. The van der Waals surface area contributed by atoms with Gasteiger partial charge in [0.25, 0.3) is 0 Å². The molecule has 0 aliphatic heterocycles.